The molecule has 0 N–H and O–H groups in total. The third-order valence-electron chi connectivity index (χ3n) is 7.40. The Balaban J connectivity index is 1.46. The molecule has 1 fully saturated rings. The molecule has 0 spiro atoms. The van der Waals surface area contributed by atoms with Gasteiger partial charge < -0.3 is 4.74 Å². The number of ether oxygens (including phenoxy) is 1. The number of fused-ring (bicyclic) bond motifs is 1. The van der Waals surface area contributed by atoms with Crippen molar-refractivity contribution < 1.29 is 22.7 Å². The Labute approximate surface area is 238 Å². The van der Waals surface area contributed by atoms with E-state index < -0.39 is 33.4 Å². The van der Waals surface area contributed by atoms with Crippen LogP contribution >= 0.6 is 11.3 Å². The summed E-state index contributed by atoms with van der Waals surface area (Å²) in [5.41, 5.74) is 2.42. The molecule has 0 aliphatic carbocycles. The van der Waals surface area contributed by atoms with Crippen molar-refractivity contribution in [1.82, 2.24) is 9.29 Å². The summed E-state index contributed by atoms with van der Waals surface area (Å²) >= 11 is 1.58. The van der Waals surface area contributed by atoms with Crippen molar-refractivity contribution in [3.8, 4) is 16.3 Å². The van der Waals surface area contributed by atoms with Gasteiger partial charge in [-0.15, -0.1) is 11.3 Å². The van der Waals surface area contributed by atoms with Crippen molar-refractivity contribution >= 4 is 49.1 Å². The molecule has 1 atom stereocenters. The van der Waals surface area contributed by atoms with Crippen molar-refractivity contribution in [2.24, 2.45) is 0 Å². The maximum Gasteiger partial charge on any atom is 0.252 e. The number of carbonyl (C=O) groups excluding carboxylic acids is 2. The fraction of sp³-hybridized carbons (Fsp3) is 0.300. The second-order valence-corrected chi connectivity index (χ2v) is 13.3. The van der Waals surface area contributed by atoms with Crippen molar-refractivity contribution in [3.05, 3.63) is 72.3 Å². The van der Waals surface area contributed by atoms with Gasteiger partial charge in [0.1, 0.15) is 16.8 Å². The quantitative estimate of drug-likeness (QED) is 0.246. The lowest BCUT2D eigenvalue weighted by Crippen LogP contribution is -2.55. The number of hydrogen-bond acceptors (Lipinski definition) is 7. The minimum absolute atomic E-state index is 0.0314. The summed E-state index contributed by atoms with van der Waals surface area (Å²) in [5, 5.41) is 0.838. The number of imide groups is 1. The van der Waals surface area contributed by atoms with Crippen LogP contribution in [-0.4, -0.2) is 48.2 Å². The van der Waals surface area contributed by atoms with Gasteiger partial charge in [0.2, 0.25) is 15.9 Å². The SMILES string of the molecule is CCC(C)(C)N(C1CC(=O)N(c2ccc(-c3nc4ccc(C)cc4s3)cc2)C1=O)S(=O)(=O)c1ccc(OC)cc1. The first-order valence-electron chi connectivity index (χ1n) is 13.0. The number of thiazole rings is 1. The Morgan fingerprint density at radius 3 is 2.35 bits per heavy atom. The maximum absolute atomic E-state index is 13.9. The van der Waals surface area contributed by atoms with Crippen LogP contribution in [0, 0.1) is 6.92 Å². The smallest absolute Gasteiger partial charge is 0.252 e. The molecule has 208 valence electrons. The summed E-state index contributed by atoms with van der Waals surface area (Å²) in [6.45, 7) is 7.43. The van der Waals surface area contributed by atoms with Gasteiger partial charge in [-0.05, 0) is 93.4 Å². The lowest BCUT2D eigenvalue weighted by molar-refractivity contribution is -0.122. The van der Waals surface area contributed by atoms with E-state index in [-0.39, 0.29) is 11.3 Å². The van der Waals surface area contributed by atoms with Crippen LogP contribution in [-0.2, 0) is 19.6 Å². The van der Waals surface area contributed by atoms with Crippen molar-refractivity contribution in [2.45, 2.75) is 57.0 Å². The van der Waals surface area contributed by atoms with E-state index in [2.05, 4.69) is 6.07 Å². The first-order valence-corrected chi connectivity index (χ1v) is 15.2. The number of carbonyl (C=O) groups is 2. The summed E-state index contributed by atoms with van der Waals surface area (Å²) in [6, 6.07) is 18.0. The number of sulfonamides is 1. The fourth-order valence-electron chi connectivity index (χ4n) is 4.91. The van der Waals surface area contributed by atoms with Gasteiger partial charge in [0.05, 0.1) is 34.3 Å². The summed E-state index contributed by atoms with van der Waals surface area (Å²) in [6.07, 6.45) is 0.202. The molecule has 0 radical (unpaired) electrons. The van der Waals surface area contributed by atoms with Gasteiger partial charge in [0, 0.05) is 11.1 Å². The van der Waals surface area contributed by atoms with Crippen LogP contribution in [0.3, 0.4) is 0 Å². The summed E-state index contributed by atoms with van der Waals surface area (Å²) in [4.78, 5) is 32.8. The predicted molar refractivity (Wildman–Crippen MR) is 157 cm³/mol. The van der Waals surface area contributed by atoms with Gasteiger partial charge in [-0.2, -0.15) is 4.31 Å². The molecule has 1 aromatic heterocycles. The van der Waals surface area contributed by atoms with Gasteiger partial charge in [-0.25, -0.2) is 18.3 Å². The highest BCUT2D eigenvalue weighted by molar-refractivity contribution is 7.89. The number of benzene rings is 3. The van der Waals surface area contributed by atoms with Gasteiger partial charge in [0.15, 0.2) is 0 Å². The largest absolute Gasteiger partial charge is 0.497 e. The average molecular weight is 578 g/mol. The van der Waals surface area contributed by atoms with E-state index in [9.17, 15) is 18.0 Å². The predicted octanol–water partition coefficient (Wildman–Crippen LogP) is 5.79. The molecule has 10 heteroatoms. The van der Waals surface area contributed by atoms with Gasteiger partial charge in [-0.3, -0.25) is 9.59 Å². The highest BCUT2D eigenvalue weighted by atomic mass is 32.2. The second kappa shape index (κ2) is 10.4. The molecule has 0 saturated carbocycles. The zero-order chi connectivity index (χ0) is 28.8. The van der Waals surface area contributed by atoms with Crippen molar-refractivity contribution in [1.29, 1.82) is 0 Å². The lowest BCUT2D eigenvalue weighted by Gasteiger charge is -2.39. The molecular formula is C30H31N3O5S2. The molecule has 5 rings (SSSR count). The highest BCUT2D eigenvalue weighted by Gasteiger charge is 2.51. The van der Waals surface area contributed by atoms with E-state index in [0.29, 0.717) is 17.9 Å². The van der Waals surface area contributed by atoms with Crippen LogP contribution in [0.5, 0.6) is 5.75 Å². The number of rotatable bonds is 8. The number of nitrogens with zero attached hydrogens (tertiary/aromatic N) is 3. The third kappa shape index (κ3) is 4.91. The van der Waals surface area contributed by atoms with Crippen LogP contribution in [0.2, 0.25) is 0 Å². The Morgan fingerprint density at radius 1 is 1.05 bits per heavy atom. The number of anilines is 1. The Hall–Kier alpha value is -3.60. The molecule has 3 aromatic carbocycles. The fourth-order valence-corrected chi connectivity index (χ4v) is 7.97. The number of methoxy groups -OCH3 is 1. The van der Waals surface area contributed by atoms with Gasteiger partial charge in [0.25, 0.3) is 5.91 Å². The zero-order valence-electron chi connectivity index (χ0n) is 23.0. The number of aromatic nitrogens is 1. The summed E-state index contributed by atoms with van der Waals surface area (Å²) in [5.74, 6) is -0.491. The van der Waals surface area contributed by atoms with E-state index in [1.54, 1.807) is 49.4 Å². The first kappa shape index (κ1) is 27.9. The molecule has 1 aliphatic rings. The topological polar surface area (TPSA) is 96.9 Å². The number of aryl methyl sites for hydroxylation is 1. The number of amides is 2. The molecular weight excluding hydrogens is 546 g/mol. The van der Waals surface area contributed by atoms with E-state index in [0.717, 1.165) is 31.3 Å². The van der Waals surface area contributed by atoms with Crippen LogP contribution in [0.4, 0.5) is 5.69 Å². The number of hydrogen-bond donors (Lipinski definition) is 0. The molecule has 1 unspecified atom stereocenters. The zero-order valence-corrected chi connectivity index (χ0v) is 24.7. The molecule has 0 bridgehead atoms. The Kier molecular flexibility index (Phi) is 7.28. The monoisotopic (exact) mass is 577 g/mol. The minimum Gasteiger partial charge on any atom is -0.497 e. The lowest BCUT2D eigenvalue weighted by atomic mass is 10.00. The van der Waals surface area contributed by atoms with Crippen LogP contribution in [0.25, 0.3) is 20.8 Å². The highest BCUT2D eigenvalue weighted by Crippen LogP contribution is 2.37. The Bertz CT molecular complexity index is 1690. The van der Waals surface area contributed by atoms with E-state index in [1.807, 2.05) is 38.1 Å². The normalized spacial score (nSPS) is 16.4. The molecule has 40 heavy (non-hydrogen) atoms. The van der Waals surface area contributed by atoms with Crippen LogP contribution in [0.15, 0.2) is 71.6 Å². The van der Waals surface area contributed by atoms with Crippen molar-refractivity contribution in [2.75, 3.05) is 12.0 Å². The minimum atomic E-state index is -4.13. The summed E-state index contributed by atoms with van der Waals surface area (Å²) < 4.78 is 35.3. The van der Waals surface area contributed by atoms with Crippen LogP contribution in [0.1, 0.15) is 39.2 Å². The van der Waals surface area contributed by atoms with E-state index in [4.69, 9.17) is 9.72 Å². The Morgan fingerprint density at radius 2 is 1.73 bits per heavy atom. The van der Waals surface area contributed by atoms with Crippen LogP contribution < -0.4 is 9.64 Å². The second-order valence-electron chi connectivity index (χ2n) is 10.5. The molecule has 4 aromatic rings. The third-order valence-corrected chi connectivity index (χ3v) is 10.6. The first-order chi connectivity index (χ1) is 19.0. The van der Waals surface area contributed by atoms with Gasteiger partial charge in [-0.1, -0.05) is 13.0 Å². The van der Waals surface area contributed by atoms with Crippen molar-refractivity contribution in [3.63, 3.8) is 0 Å². The average Bonchev–Trinajstić information content (AvgIpc) is 3.48. The molecule has 2 heterocycles. The molecule has 2 amide bonds. The summed E-state index contributed by atoms with van der Waals surface area (Å²) in [7, 11) is -2.63. The van der Waals surface area contributed by atoms with E-state index in [1.165, 1.54) is 23.5 Å². The standard InChI is InChI=1S/C30H31N3O5S2/c1-6-30(3,4)33(40(36,37)23-14-12-22(38-5)13-15-23)25-18-27(34)32(29(25)35)21-10-8-20(9-11-21)28-31-24-16-7-19(2)17-26(24)39-28/h7-17,25H,6,18H2,1-5H3. The molecule has 1 aliphatic heterocycles. The molecule has 1 saturated heterocycles. The maximum atomic E-state index is 13.9. The molecule has 8 nitrogen and oxygen atoms in total. The van der Waals surface area contributed by atoms with Gasteiger partial charge >= 0.3 is 0 Å². The van der Waals surface area contributed by atoms with E-state index >= 15 is 0 Å².